The number of amides is 3. The predicted molar refractivity (Wildman–Crippen MR) is 127 cm³/mol. The fourth-order valence-corrected chi connectivity index (χ4v) is 3.40. The lowest BCUT2D eigenvalue weighted by Gasteiger charge is -2.22. The zero-order valence-corrected chi connectivity index (χ0v) is 19.9. The highest BCUT2D eigenvalue weighted by Gasteiger charge is 2.28. The van der Waals surface area contributed by atoms with Crippen molar-refractivity contribution in [2.45, 2.75) is 33.2 Å². The summed E-state index contributed by atoms with van der Waals surface area (Å²) in [5.74, 6) is -1.64. The number of rotatable bonds is 9. The van der Waals surface area contributed by atoms with Gasteiger partial charge in [0.25, 0.3) is 5.91 Å². The largest absolute Gasteiger partial charge is 0.493 e. The normalized spacial score (nSPS) is 12.3. The van der Waals surface area contributed by atoms with Crippen molar-refractivity contribution in [2.24, 2.45) is 5.92 Å². The van der Waals surface area contributed by atoms with Gasteiger partial charge >= 0.3 is 12.0 Å². The molecule has 0 bridgehead atoms. The Morgan fingerprint density at radius 1 is 1.09 bits per heavy atom. The number of para-hydroxylation sites is 1. The van der Waals surface area contributed by atoms with E-state index in [-0.39, 0.29) is 28.7 Å². The van der Waals surface area contributed by atoms with Crippen molar-refractivity contribution in [3.63, 3.8) is 0 Å². The Hall–Kier alpha value is -3.46. The zero-order valence-electron chi connectivity index (χ0n) is 19.1. The van der Waals surface area contributed by atoms with E-state index in [0.717, 1.165) is 5.56 Å². The minimum Gasteiger partial charge on any atom is -0.493 e. The first-order valence-electron chi connectivity index (χ1n) is 10.3. The second kappa shape index (κ2) is 11.4. The summed E-state index contributed by atoms with van der Waals surface area (Å²) in [5.41, 5.74) is 1.28. The molecule has 0 aliphatic carbocycles. The molecule has 33 heavy (non-hydrogen) atoms. The van der Waals surface area contributed by atoms with Gasteiger partial charge in [0, 0.05) is 6.07 Å². The van der Waals surface area contributed by atoms with Crippen molar-refractivity contribution >= 4 is 40.9 Å². The van der Waals surface area contributed by atoms with Crippen molar-refractivity contribution in [3.8, 4) is 11.5 Å². The van der Waals surface area contributed by atoms with Crippen LogP contribution in [0.15, 0.2) is 30.3 Å². The standard InChI is InChI=1S/C23H28ClN3O6/c1-6-12(2)20(22(29)30)26-21(28)14-10-17(32-4)18(33-5)11-16(14)25-23(31)27-19-13(3)8-7-9-15(19)24/h7-12,20H,6H2,1-5H3,(H,26,28)(H,29,30)(H2,25,27,31)/t12-,20-/m0/s1. The zero-order chi connectivity index (χ0) is 24.7. The molecular weight excluding hydrogens is 450 g/mol. The molecule has 3 amide bonds. The van der Waals surface area contributed by atoms with Gasteiger partial charge in [-0.1, -0.05) is 44.0 Å². The molecule has 0 saturated heterocycles. The maximum Gasteiger partial charge on any atom is 0.326 e. The topological polar surface area (TPSA) is 126 Å². The lowest BCUT2D eigenvalue weighted by atomic mass is 9.98. The summed E-state index contributed by atoms with van der Waals surface area (Å²) >= 11 is 6.18. The number of aryl methyl sites for hydroxylation is 1. The summed E-state index contributed by atoms with van der Waals surface area (Å²) in [6.07, 6.45) is 0.549. The molecule has 2 atom stereocenters. The van der Waals surface area contributed by atoms with Crippen molar-refractivity contribution in [1.29, 1.82) is 0 Å². The molecule has 4 N–H and O–H groups in total. The number of methoxy groups -OCH3 is 2. The number of hydrogen-bond donors (Lipinski definition) is 4. The highest BCUT2D eigenvalue weighted by molar-refractivity contribution is 6.34. The molecule has 0 aliphatic heterocycles. The van der Waals surface area contributed by atoms with Crippen LogP contribution in [-0.4, -0.2) is 43.3 Å². The van der Waals surface area contributed by atoms with E-state index in [9.17, 15) is 19.5 Å². The van der Waals surface area contributed by atoms with Crippen molar-refractivity contribution in [3.05, 3.63) is 46.5 Å². The van der Waals surface area contributed by atoms with E-state index >= 15 is 0 Å². The Morgan fingerprint density at radius 2 is 1.73 bits per heavy atom. The lowest BCUT2D eigenvalue weighted by Crippen LogP contribution is -2.45. The molecule has 0 aromatic heterocycles. The monoisotopic (exact) mass is 477 g/mol. The first-order chi connectivity index (χ1) is 15.6. The van der Waals surface area contributed by atoms with E-state index in [1.807, 2.05) is 6.92 Å². The van der Waals surface area contributed by atoms with Crippen LogP contribution in [0.2, 0.25) is 5.02 Å². The minimum absolute atomic E-state index is 0.00762. The average Bonchev–Trinajstić information content (AvgIpc) is 2.78. The molecule has 2 aromatic rings. The Balaban J connectivity index is 2.41. The minimum atomic E-state index is -1.15. The molecule has 2 aromatic carbocycles. The van der Waals surface area contributed by atoms with Gasteiger partial charge in [-0.05, 0) is 30.5 Å². The molecular formula is C23H28ClN3O6. The van der Waals surface area contributed by atoms with Gasteiger partial charge in [-0.25, -0.2) is 9.59 Å². The maximum absolute atomic E-state index is 13.1. The number of urea groups is 1. The fourth-order valence-electron chi connectivity index (χ4n) is 3.13. The molecule has 0 heterocycles. The van der Waals surface area contributed by atoms with E-state index in [1.165, 1.54) is 26.4 Å². The number of carbonyl (C=O) groups excluding carboxylic acids is 2. The molecule has 178 valence electrons. The van der Waals surface area contributed by atoms with Gasteiger partial charge in [0.15, 0.2) is 11.5 Å². The third-order valence-corrected chi connectivity index (χ3v) is 5.56. The van der Waals surface area contributed by atoms with Gasteiger partial charge in [-0.2, -0.15) is 0 Å². The van der Waals surface area contributed by atoms with E-state index in [1.54, 1.807) is 32.0 Å². The number of carboxylic acids is 1. The summed E-state index contributed by atoms with van der Waals surface area (Å²) < 4.78 is 10.5. The van der Waals surface area contributed by atoms with Crippen LogP contribution in [0.4, 0.5) is 16.2 Å². The van der Waals surface area contributed by atoms with Crippen LogP contribution in [-0.2, 0) is 4.79 Å². The van der Waals surface area contributed by atoms with E-state index in [4.69, 9.17) is 21.1 Å². The number of carboxylic acid groups (broad SMARTS) is 1. The number of benzene rings is 2. The molecule has 9 nitrogen and oxygen atoms in total. The third-order valence-electron chi connectivity index (χ3n) is 5.24. The highest BCUT2D eigenvalue weighted by atomic mass is 35.5. The molecule has 2 rings (SSSR count). The third kappa shape index (κ3) is 6.29. The second-order valence-corrected chi connectivity index (χ2v) is 7.85. The van der Waals surface area contributed by atoms with Crippen LogP contribution in [0.5, 0.6) is 11.5 Å². The fraction of sp³-hybridized carbons (Fsp3) is 0.348. The van der Waals surface area contributed by atoms with Crippen LogP contribution in [0, 0.1) is 12.8 Å². The van der Waals surface area contributed by atoms with Crippen LogP contribution < -0.4 is 25.4 Å². The van der Waals surface area contributed by atoms with E-state index in [0.29, 0.717) is 17.1 Å². The van der Waals surface area contributed by atoms with Crippen LogP contribution in [0.3, 0.4) is 0 Å². The van der Waals surface area contributed by atoms with Gasteiger partial charge in [0.05, 0.1) is 36.2 Å². The van der Waals surface area contributed by atoms with Gasteiger partial charge in [-0.3, -0.25) is 4.79 Å². The smallest absolute Gasteiger partial charge is 0.326 e. The number of anilines is 2. The maximum atomic E-state index is 13.1. The highest BCUT2D eigenvalue weighted by Crippen LogP contribution is 2.34. The Kier molecular flexibility index (Phi) is 8.93. The molecule has 0 fully saturated rings. The first-order valence-corrected chi connectivity index (χ1v) is 10.6. The number of ether oxygens (including phenoxy) is 2. The van der Waals surface area contributed by atoms with Crippen LogP contribution in [0.25, 0.3) is 0 Å². The van der Waals surface area contributed by atoms with E-state index < -0.39 is 23.9 Å². The second-order valence-electron chi connectivity index (χ2n) is 7.44. The molecule has 0 radical (unpaired) electrons. The Bertz CT molecular complexity index is 1020. The number of aliphatic carboxylic acids is 1. The number of carbonyl (C=O) groups is 3. The number of nitrogens with one attached hydrogen (secondary N) is 3. The summed E-state index contributed by atoms with van der Waals surface area (Å²) in [7, 11) is 2.82. The molecule has 0 spiro atoms. The van der Waals surface area contributed by atoms with Crippen LogP contribution >= 0.6 is 11.6 Å². The summed E-state index contributed by atoms with van der Waals surface area (Å²) in [6.45, 7) is 5.35. The molecule has 0 saturated carbocycles. The van der Waals surface area contributed by atoms with Gasteiger partial charge in [-0.15, -0.1) is 0 Å². The molecule has 0 unspecified atom stereocenters. The molecule has 0 aliphatic rings. The predicted octanol–water partition coefficient (Wildman–Crippen LogP) is 4.54. The summed E-state index contributed by atoms with van der Waals surface area (Å²) in [6, 6.07) is 6.23. The Labute approximate surface area is 197 Å². The first kappa shape index (κ1) is 25.8. The van der Waals surface area contributed by atoms with Crippen molar-refractivity contribution < 1.29 is 29.0 Å². The van der Waals surface area contributed by atoms with E-state index in [2.05, 4.69) is 16.0 Å². The number of halogens is 1. The average molecular weight is 478 g/mol. The lowest BCUT2D eigenvalue weighted by molar-refractivity contribution is -0.140. The van der Waals surface area contributed by atoms with Crippen LogP contribution in [0.1, 0.15) is 36.2 Å². The van der Waals surface area contributed by atoms with Gasteiger partial charge in [0.2, 0.25) is 0 Å². The van der Waals surface area contributed by atoms with Crippen molar-refractivity contribution in [2.75, 3.05) is 24.9 Å². The van der Waals surface area contributed by atoms with Crippen molar-refractivity contribution in [1.82, 2.24) is 5.32 Å². The van der Waals surface area contributed by atoms with Gasteiger partial charge in [0.1, 0.15) is 6.04 Å². The van der Waals surface area contributed by atoms with Gasteiger partial charge < -0.3 is 30.5 Å². The summed E-state index contributed by atoms with van der Waals surface area (Å²) in [5, 5.41) is 17.7. The SMILES string of the molecule is CC[C@H](C)[C@H](NC(=O)c1cc(OC)c(OC)cc1NC(=O)Nc1c(C)cccc1Cl)C(=O)O. The molecule has 10 heteroatoms. The Morgan fingerprint density at radius 3 is 2.27 bits per heavy atom. The quantitative estimate of drug-likeness (QED) is 0.420. The summed E-state index contributed by atoms with van der Waals surface area (Å²) in [4.78, 5) is 37.4. The number of hydrogen-bond acceptors (Lipinski definition) is 5.